The molecule has 0 bridgehead atoms. The third-order valence-electron chi connectivity index (χ3n) is 5.29. The fourth-order valence-electron chi connectivity index (χ4n) is 3.67. The van der Waals surface area contributed by atoms with E-state index >= 15 is 0 Å². The van der Waals surface area contributed by atoms with Crippen molar-refractivity contribution < 1.29 is 37.1 Å². The maximum atomic E-state index is 12.1. The van der Waals surface area contributed by atoms with E-state index in [0.717, 1.165) is 0 Å². The van der Waals surface area contributed by atoms with Gasteiger partial charge in [-0.05, 0) is 50.6 Å². The number of nitrogens with zero attached hydrogens (tertiary/aromatic N) is 4. The lowest BCUT2D eigenvalue weighted by molar-refractivity contribution is -0.0469. The Hall–Kier alpha value is -3.52. The maximum Gasteiger partial charge on any atom is 0.423 e. The van der Waals surface area contributed by atoms with E-state index in [4.69, 9.17) is 31.7 Å². The van der Waals surface area contributed by atoms with E-state index in [9.17, 15) is 23.4 Å². The number of halogens is 1. The van der Waals surface area contributed by atoms with Crippen LogP contribution in [-0.4, -0.2) is 74.8 Å². The van der Waals surface area contributed by atoms with Gasteiger partial charge in [-0.2, -0.15) is 23.1 Å². The van der Waals surface area contributed by atoms with Crippen molar-refractivity contribution in [2.75, 3.05) is 11.9 Å². The molecule has 1 aliphatic rings. The normalized spacial score (nSPS) is 21.5. The molecule has 1 fully saturated rings. The van der Waals surface area contributed by atoms with E-state index in [2.05, 4.69) is 26.2 Å². The summed E-state index contributed by atoms with van der Waals surface area (Å²) < 4.78 is 42.5. The molecule has 2 aromatic heterocycles. The molecule has 16 heteroatoms. The molecule has 39 heavy (non-hydrogen) atoms. The molecular weight excluding hydrogens is 556 g/mol. The second-order valence-electron chi connectivity index (χ2n) is 9.40. The lowest BCUT2D eigenvalue weighted by Crippen LogP contribution is -2.39. The number of imidazole rings is 1. The van der Waals surface area contributed by atoms with Crippen LogP contribution in [0.4, 0.5) is 16.3 Å². The summed E-state index contributed by atoms with van der Waals surface area (Å²) in [7, 11) is -4.61. The number of terminal acetylenes is 1. The summed E-state index contributed by atoms with van der Waals surface area (Å²) in [6.07, 6.45) is -0.141. The van der Waals surface area contributed by atoms with Crippen LogP contribution in [0.15, 0.2) is 30.6 Å². The Morgan fingerprint density at radius 2 is 2.03 bits per heavy atom. The largest absolute Gasteiger partial charge is 0.443 e. The highest BCUT2D eigenvalue weighted by Gasteiger charge is 2.45. The van der Waals surface area contributed by atoms with Crippen LogP contribution >= 0.6 is 11.6 Å². The van der Waals surface area contributed by atoms with Gasteiger partial charge in [0.25, 0.3) is 0 Å². The summed E-state index contributed by atoms with van der Waals surface area (Å²) >= 11 is 6.14. The van der Waals surface area contributed by atoms with Crippen LogP contribution in [0.3, 0.4) is 0 Å². The average Bonchev–Trinajstić information content (AvgIpc) is 3.37. The molecule has 3 heterocycles. The van der Waals surface area contributed by atoms with Crippen molar-refractivity contribution in [3.63, 3.8) is 0 Å². The number of carbonyl (C=O) groups is 1. The zero-order valence-electron chi connectivity index (χ0n) is 20.9. The fourth-order valence-corrected chi connectivity index (χ4v) is 4.45. The Bertz CT molecular complexity index is 1530. The molecule has 3 aromatic rings. The summed E-state index contributed by atoms with van der Waals surface area (Å²) in [5.74, 6) is 2.77. The number of aromatic nitrogens is 4. The molecule has 0 saturated carbocycles. The molecule has 0 unspecified atom stereocenters. The first-order valence-corrected chi connectivity index (χ1v) is 13.2. The molecule has 1 aliphatic heterocycles. The molecule has 4 rings (SSSR count). The number of carbonyl (C=O) groups excluding carboxylic acids is 1. The van der Waals surface area contributed by atoms with Crippen LogP contribution in [0.25, 0.3) is 11.2 Å². The zero-order valence-corrected chi connectivity index (χ0v) is 22.5. The fraction of sp³-hybridized carbons (Fsp3) is 0.391. The van der Waals surface area contributed by atoms with Gasteiger partial charge in [0.05, 0.1) is 12.9 Å². The maximum absolute atomic E-state index is 12.1. The van der Waals surface area contributed by atoms with Gasteiger partial charge < -0.3 is 25.0 Å². The monoisotopic (exact) mass is 580 g/mol. The number of rotatable bonds is 7. The van der Waals surface area contributed by atoms with Gasteiger partial charge in [-0.15, -0.1) is 6.42 Å². The van der Waals surface area contributed by atoms with Gasteiger partial charge in [-0.25, -0.2) is 9.78 Å². The van der Waals surface area contributed by atoms with Gasteiger partial charge in [0.15, 0.2) is 23.2 Å². The Morgan fingerprint density at radius 1 is 1.28 bits per heavy atom. The molecule has 4 atom stereocenters. The highest BCUT2D eigenvalue weighted by Crippen LogP contribution is 2.33. The number of benzene rings is 1. The third-order valence-corrected chi connectivity index (χ3v) is 6.32. The molecule has 14 nitrogen and oxygen atoms in total. The second-order valence-corrected chi connectivity index (χ2v) is 11.1. The lowest BCUT2D eigenvalue weighted by atomic mass is 10.1. The quantitative estimate of drug-likeness (QED) is 0.234. The molecule has 208 valence electrons. The second kappa shape index (κ2) is 10.9. The van der Waals surface area contributed by atoms with E-state index in [-0.39, 0.29) is 22.3 Å². The SMILES string of the molecule is C#Cc1cccc(Nc2nc(Cl)nc3c2ncn3[C@@H]2O[C@H](COS(=O)(=O)NC(=O)OC(C)(C)C)[C@@H](O)[C@H]2O)c1. The number of fused-ring (bicyclic) bond motifs is 1. The van der Waals surface area contributed by atoms with Crippen LogP contribution < -0.4 is 10.0 Å². The van der Waals surface area contributed by atoms with Gasteiger partial charge in [0.1, 0.15) is 23.9 Å². The summed E-state index contributed by atoms with van der Waals surface area (Å²) in [4.78, 5) is 24.4. The van der Waals surface area contributed by atoms with E-state index in [1.54, 1.807) is 49.8 Å². The summed E-state index contributed by atoms with van der Waals surface area (Å²) in [6.45, 7) is 3.93. The Balaban J connectivity index is 1.51. The highest BCUT2D eigenvalue weighted by molar-refractivity contribution is 7.85. The molecule has 1 aromatic carbocycles. The average molecular weight is 581 g/mol. The number of hydrogen-bond acceptors (Lipinski definition) is 12. The predicted octanol–water partition coefficient (Wildman–Crippen LogP) is 1.61. The Morgan fingerprint density at radius 3 is 2.72 bits per heavy atom. The third kappa shape index (κ3) is 6.74. The predicted molar refractivity (Wildman–Crippen MR) is 138 cm³/mol. The molecule has 4 N–H and O–H groups in total. The number of hydrogen-bond donors (Lipinski definition) is 4. The minimum absolute atomic E-state index is 0.146. The highest BCUT2D eigenvalue weighted by atomic mass is 35.5. The van der Waals surface area contributed by atoms with Gasteiger partial charge in [-0.1, -0.05) is 12.0 Å². The van der Waals surface area contributed by atoms with E-state index in [1.165, 1.54) is 10.9 Å². The number of amides is 1. The van der Waals surface area contributed by atoms with Crippen molar-refractivity contribution in [2.24, 2.45) is 0 Å². The topological polar surface area (TPSA) is 187 Å². The molecule has 0 radical (unpaired) electrons. The number of ether oxygens (including phenoxy) is 2. The first-order chi connectivity index (χ1) is 18.3. The van der Waals surface area contributed by atoms with E-state index < -0.39 is 53.1 Å². The first kappa shape index (κ1) is 28.5. The van der Waals surface area contributed by atoms with Crippen LogP contribution in [-0.2, 0) is 24.0 Å². The summed E-state index contributed by atoms with van der Waals surface area (Å²) in [5.41, 5.74) is 0.724. The molecule has 1 amide bonds. The van der Waals surface area contributed by atoms with Crippen molar-refractivity contribution in [2.45, 2.75) is 50.9 Å². The van der Waals surface area contributed by atoms with Gasteiger partial charge in [0.2, 0.25) is 5.28 Å². The van der Waals surface area contributed by atoms with Crippen LogP contribution in [0, 0.1) is 12.3 Å². The smallest absolute Gasteiger partial charge is 0.423 e. The minimum atomic E-state index is -4.61. The zero-order chi connectivity index (χ0) is 28.5. The van der Waals surface area contributed by atoms with Crippen molar-refractivity contribution in [3.8, 4) is 12.3 Å². The number of anilines is 2. The molecule has 0 spiro atoms. The first-order valence-electron chi connectivity index (χ1n) is 11.4. The standard InChI is InChI=1S/C23H25ClN6O8S/c1-5-12-7-6-8-13(9-12)26-18-15-19(28-21(24)27-18)30(11-25-15)20-17(32)16(31)14(37-20)10-36-39(34,35)29-22(33)38-23(2,3)4/h1,6-9,11,14,16-17,20,31-32H,10H2,2-4H3,(H,29,33)(H,26,27,28)/t14-,16-,17-,20-/m1/s1. The number of nitrogens with one attached hydrogen (secondary N) is 2. The Labute approximate surface area is 228 Å². The van der Waals surface area contributed by atoms with E-state index in [0.29, 0.717) is 11.3 Å². The van der Waals surface area contributed by atoms with Crippen molar-refractivity contribution in [1.82, 2.24) is 24.2 Å². The summed E-state index contributed by atoms with van der Waals surface area (Å²) in [5, 5.41) is 24.1. The lowest BCUT2D eigenvalue weighted by Gasteiger charge is -2.20. The minimum Gasteiger partial charge on any atom is -0.443 e. The van der Waals surface area contributed by atoms with Gasteiger partial charge >= 0.3 is 16.4 Å². The van der Waals surface area contributed by atoms with Crippen LogP contribution in [0.5, 0.6) is 0 Å². The Kier molecular flexibility index (Phi) is 7.98. The number of aliphatic hydroxyl groups is 2. The van der Waals surface area contributed by atoms with Crippen molar-refractivity contribution in [1.29, 1.82) is 0 Å². The van der Waals surface area contributed by atoms with Crippen LogP contribution in [0.2, 0.25) is 5.28 Å². The van der Waals surface area contributed by atoms with Gasteiger partial charge in [0, 0.05) is 11.3 Å². The molecule has 0 aliphatic carbocycles. The van der Waals surface area contributed by atoms with Crippen molar-refractivity contribution >= 4 is 50.7 Å². The molecular formula is C23H25ClN6O8S. The molecule has 1 saturated heterocycles. The summed E-state index contributed by atoms with van der Waals surface area (Å²) in [6, 6.07) is 6.99. The number of aliphatic hydroxyl groups excluding tert-OH is 2. The van der Waals surface area contributed by atoms with Gasteiger partial charge in [-0.3, -0.25) is 8.75 Å². The van der Waals surface area contributed by atoms with Crippen molar-refractivity contribution in [3.05, 3.63) is 41.4 Å². The van der Waals surface area contributed by atoms with E-state index in [1.807, 2.05) is 0 Å². The van der Waals surface area contributed by atoms with Crippen LogP contribution in [0.1, 0.15) is 32.6 Å².